The number of aliphatic carboxylic acids is 1. The number of nitrogens with two attached hydrogens (primary N) is 1. The summed E-state index contributed by atoms with van der Waals surface area (Å²) in [6, 6.07) is 1.91. The summed E-state index contributed by atoms with van der Waals surface area (Å²) < 4.78 is 0. The second-order valence-electron chi connectivity index (χ2n) is 5.36. The van der Waals surface area contributed by atoms with Gasteiger partial charge in [0.15, 0.2) is 0 Å². The molecule has 1 aromatic heterocycles. The Morgan fingerprint density at radius 3 is 2.95 bits per heavy atom. The van der Waals surface area contributed by atoms with E-state index < -0.39 is 11.4 Å². The van der Waals surface area contributed by atoms with Crippen molar-refractivity contribution >= 4 is 29.3 Å². The van der Waals surface area contributed by atoms with Crippen LogP contribution >= 0.6 is 11.3 Å². The molecular weight excluding hydrogens is 276 g/mol. The van der Waals surface area contributed by atoms with Crippen LogP contribution in [0.15, 0.2) is 17.5 Å². The lowest BCUT2D eigenvalue weighted by atomic mass is 9.89. The van der Waals surface area contributed by atoms with Crippen molar-refractivity contribution in [3.63, 3.8) is 0 Å². The molecule has 2 rings (SSSR count). The molecule has 0 bridgehead atoms. The molecule has 1 aliphatic heterocycles. The van der Waals surface area contributed by atoms with Crippen LogP contribution in [0.5, 0.6) is 0 Å². The standard InChI is InChI=1S/C14H18N2O3S/c1-14(13(15)19)5-6-16(9-14)8-11-10(4-7-20-11)2-3-12(17)18/h2-4,7H,5-6,8-9H2,1H3,(H2,15,19)(H,17,18)/b3-2+. The number of hydrogen-bond acceptors (Lipinski definition) is 4. The van der Waals surface area contributed by atoms with Crippen LogP contribution in [0.3, 0.4) is 0 Å². The average Bonchev–Trinajstić information content (AvgIpc) is 2.95. The average molecular weight is 294 g/mol. The van der Waals surface area contributed by atoms with Crippen molar-refractivity contribution in [3.05, 3.63) is 28.0 Å². The maximum absolute atomic E-state index is 11.4. The van der Waals surface area contributed by atoms with Crippen molar-refractivity contribution < 1.29 is 14.7 Å². The van der Waals surface area contributed by atoms with Crippen molar-refractivity contribution in [3.8, 4) is 0 Å². The van der Waals surface area contributed by atoms with Gasteiger partial charge in [-0.15, -0.1) is 11.3 Å². The Hall–Kier alpha value is -1.66. The number of carbonyl (C=O) groups excluding carboxylic acids is 1. The summed E-state index contributed by atoms with van der Waals surface area (Å²) >= 11 is 1.59. The van der Waals surface area contributed by atoms with E-state index in [1.54, 1.807) is 17.4 Å². The Morgan fingerprint density at radius 1 is 1.60 bits per heavy atom. The fraction of sp³-hybridized carbons (Fsp3) is 0.429. The predicted octanol–water partition coefficient (Wildman–Crippen LogP) is 1.54. The van der Waals surface area contributed by atoms with Crippen LogP contribution in [0.4, 0.5) is 0 Å². The molecule has 1 atom stereocenters. The lowest BCUT2D eigenvalue weighted by Crippen LogP contribution is -2.36. The minimum absolute atomic E-state index is 0.253. The highest BCUT2D eigenvalue weighted by atomic mass is 32.1. The first-order valence-electron chi connectivity index (χ1n) is 6.40. The topological polar surface area (TPSA) is 83.6 Å². The molecule has 0 radical (unpaired) electrons. The van der Waals surface area contributed by atoms with Gasteiger partial charge in [0.1, 0.15) is 0 Å². The number of likely N-dealkylation sites (tertiary alicyclic amines) is 1. The normalized spacial score (nSPS) is 23.4. The Labute approximate surface area is 121 Å². The quantitative estimate of drug-likeness (QED) is 0.807. The Morgan fingerprint density at radius 2 is 2.35 bits per heavy atom. The second-order valence-corrected chi connectivity index (χ2v) is 6.36. The Bertz CT molecular complexity index is 552. The number of primary amides is 1. The van der Waals surface area contributed by atoms with Crippen LogP contribution in [0.2, 0.25) is 0 Å². The van der Waals surface area contributed by atoms with Crippen LogP contribution in [0.25, 0.3) is 6.08 Å². The highest BCUT2D eigenvalue weighted by Crippen LogP contribution is 2.31. The molecule has 0 spiro atoms. The van der Waals surface area contributed by atoms with Crippen molar-refractivity contribution in [2.24, 2.45) is 11.1 Å². The van der Waals surface area contributed by atoms with Gasteiger partial charge in [-0.25, -0.2) is 4.79 Å². The SMILES string of the molecule is CC1(C(N)=O)CCN(Cc2sccc2/C=C/C(=O)O)C1. The number of amides is 1. The molecule has 0 saturated carbocycles. The van der Waals surface area contributed by atoms with Crippen LogP contribution < -0.4 is 5.73 Å². The van der Waals surface area contributed by atoms with E-state index in [0.717, 1.165) is 36.0 Å². The van der Waals surface area contributed by atoms with Gasteiger partial charge in [0.05, 0.1) is 5.41 Å². The van der Waals surface area contributed by atoms with Gasteiger partial charge in [-0.3, -0.25) is 9.69 Å². The molecule has 1 amide bonds. The number of carbonyl (C=O) groups is 2. The van der Waals surface area contributed by atoms with Gasteiger partial charge in [-0.05, 0) is 43.0 Å². The summed E-state index contributed by atoms with van der Waals surface area (Å²) in [5.74, 6) is -1.21. The minimum atomic E-state index is -0.954. The maximum atomic E-state index is 11.4. The molecule has 2 heterocycles. The molecule has 1 aromatic rings. The molecule has 5 nitrogen and oxygen atoms in total. The van der Waals surface area contributed by atoms with E-state index in [9.17, 15) is 9.59 Å². The van der Waals surface area contributed by atoms with Gasteiger partial charge in [-0.1, -0.05) is 0 Å². The number of nitrogens with zero attached hydrogens (tertiary/aromatic N) is 1. The van der Waals surface area contributed by atoms with Gasteiger partial charge < -0.3 is 10.8 Å². The van der Waals surface area contributed by atoms with Crippen molar-refractivity contribution in [1.82, 2.24) is 4.90 Å². The van der Waals surface area contributed by atoms with Crippen LogP contribution in [-0.2, 0) is 16.1 Å². The van der Waals surface area contributed by atoms with Gasteiger partial charge in [0, 0.05) is 24.0 Å². The maximum Gasteiger partial charge on any atom is 0.328 e. The molecule has 6 heteroatoms. The molecule has 20 heavy (non-hydrogen) atoms. The van der Waals surface area contributed by atoms with E-state index in [1.807, 2.05) is 18.4 Å². The number of hydrogen-bond donors (Lipinski definition) is 2. The first-order chi connectivity index (χ1) is 9.40. The predicted molar refractivity (Wildman–Crippen MR) is 78.2 cm³/mol. The first kappa shape index (κ1) is 14.7. The van der Waals surface area contributed by atoms with E-state index in [-0.39, 0.29) is 5.91 Å². The third kappa shape index (κ3) is 3.26. The van der Waals surface area contributed by atoms with Crippen molar-refractivity contribution in [1.29, 1.82) is 0 Å². The number of thiophene rings is 1. The molecule has 0 aliphatic carbocycles. The summed E-state index contributed by atoms with van der Waals surface area (Å²) in [5.41, 5.74) is 5.91. The lowest BCUT2D eigenvalue weighted by molar-refractivity contribution is -0.131. The third-order valence-electron chi connectivity index (χ3n) is 3.70. The van der Waals surface area contributed by atoms with Gasteiger partial charge in [-0.2, -0.15) is 0 Å². The van der Waals surface area contributed by atoms with Gasteiger partial charge in [0.25, 0.3) is 0 Å². The van der Waals surface area contributed by atoms with E-state index in [0.29, 0.717) is 6.54 Å². The molecule has 1 fully saturated rings. The number of carboxylic acids is 1. The summed E-state index contributed by atoms with van der Waals surface area (Å²) in [7, 11) is 0. The zero-order valence-electron chi connectivity index (χ0n) is 11.3. The Kier molecular flexibility index (Phi) is 4.25. The molecule has 1 saturated heterocycles. The van der Waals surface area contributed by atoms with Crippen molar-refractivity contribution in [2.45, 2.75) is 19.9 Å². The number of carboxylic acid groups (broad SMARTS) is 1. The molecule has 1 aliphatic rings. The van der Waals surface area contributed by atoms with E-state index in [2.05, 4.69) is 4.90 Å². The zero-order valence-corrected chi connectivity index (χ0v) is 12.2. The number of rotatable bonds is 5. The third-order valence-corrected chi connectivity index (χ3v) is 4.62. The largest absolute Gasteiger partial charge is 0.478 e. The lowest BCUT2D eigenvalue weighted by Gasteiger charge is -2.20. The molecule has 0 aromatic carbocycles. The molecule has 1 unspecified atom stereocenters. The fourth-order valence-corrected chi connectivity index (χ4v) is 3.29. The smallest absolute Gasteiger partial charge is 0.328 e. The van der Waals surface area contributed by atoms with E-state index >= 15 is 0 Å². The summed E-state index contributed by atoms with van der Waals surface area (Å²) in [6.07, 6.45) is 3.52. The van der Waals surface area contributed by atoms with Crippen LogP contribution in [0.1, 0.15) is 23.8 Å². The summed E-state index contributed by atoms with van der Waals surface area (Å²) in [6.45, 7) is 4.11. The molecule has 108 valence electrons. The highest BCUT2D eigenvalue weighted by Gasteiger charge is 2.38. The first-order valence-corrected chi connectivity index (χ1v) is 7.28. The van der Waals surface area contributed by atoms with Gasteiger partial charge in [0.2, 0.25) is 5.91 Å². The summed E-state index contributed by atoms with van der Waals surface area (Å²) in [4.78, 5) is 25.3. The van der Waals surface area contributed by atoms with Crippen molar-refractivity contribution in [2.75, 3.05) is 13.1 Å². The van der Waals surface area contributed by atoms with Gasteiger partial charge >= 0.3 is 5.97 Å². The highest BCUT2D eigenvalue weighted by molar-refractivity contribution is 7.10. The minimum Gasteiger partial charge on any atom is -0.478 e. The van der Waals surface area contributed by atoms with E-state index in [1.165, 1.54) is 0 Å². The summed E-state index contributed by atoms with van der Waals surface area (Å²) in [5, 5.41) is 10.6. The molecule has 3 N–H and O–H groups in total. The fourth-order valence-electron chi connectivity index (χ4n) is 2.38. The Balaban J connectivity index is 2.04. The monoisotopic (exact) mass is 294 g/mol. The van der Waals surface area contributed by atoms with Crippen LogP contribution in [-0.4, -0.2) is 35.0 Å². The second kappa shape index (κ2) is 5.76. The van der Waals surface area contributed by atoms with E-state index in [4.69, 9.17) is 10.8 Å². The zero-order chi connectivity index (χ0) is 14.8. The molecular formula is C14H18N2O3S. The van der Waals surface area contributed by atoms with Crippen LogP contribution in [0, 0.1) is 5.41 Å².